The molecule has 2 unspecified atom stereocenters. The molecule has 0 aromatic carbocycles. The first-order valence-corrected chi connectivity index (χ1v) is 8.45. The molecule has 0 aromatic heterocycles. The molecule has 0 saturated carbocycles. The minimum atomic E-state index is -2.86. The van der Waals surface area contributed by atoms with E-state index in [1.165, 1.54) is 0 Å². The summed E-state index contributed by atoms with van der Waals surface area (Å²) >= 11 is 0. The lowest BCUT2D eigenvalue weighted by molar-refractivity contribution is 0.130. The fourth-order valence-electron chi connectivity index (χ4n) is 2.51. The molecule has 18 heavy (non-hydrogen) atoms. The normalized spacial score (nSPS) is 25.7. The summed E-state index contributed by atoms with van der Waals surface area (Å²) in [6.45, 7) is 6.43. The van der Waals surface area contributed by atoms with Crippen LogP contribution in [-0.4, -0.2) is 50.5 Å². The largest absolute Gasteiger partial charge is 0.329 e. The molecule has 0 bridgehead atoms. The van der Waals surface area contributed by atoms with Crippen LogP contribution in [0, 0.1) is 5.92 Å². The van der Waals surface area contributed by atoms with Crippen molar-refractivity contribution in [3.63, 3.8) is 0 Å². The Bertz CT molecular complexity index is 322. The Morgan fingerprint density at radius 1 is 1.33 bits per heavy atom. The van der Waals surface area contributed by atoms with Gasteiger partial charge in [-0.05, 0) is 31.7 Å². The van der Waals surface area contributed by atoms with Gasteiger partial charge in [0.25, 0.3) is 0 Å². The average molecular weight is 299 g/mol. The summed E-state index contributed by atoms with van der Waals surface area (Å²) < 4.78 is 23.3. The summed E-state index contributed by atoms with van der Waals surface area (Å²) in [5, 5.41) is 0. The number of nitrogens with zero attached hydrogens (tertiary/aromatic N) is 1. The van der Waals surface area contributed by atoms with Crippen LogP contribution in [0.15, 0.2) is 0 Å². The fraction of sp³-hybridized carbons (Fsp3) is 1.00. The minimum absolute atomic E-state index is 0. The van der Waals surface area contributed by atoms with Crippen LogP contribution in [0.2, 0.25) is 0 Å². The summed E-state index contributed by atoms with van der Waals surface area (Å²) in [7, 11) is -2.86. The number of piperidine rings is 1. The molecule has 1 heterocycles. The van der Waals surface area contributed by atoms with E-state index in [1.54, 1.807) is 0 Å². The van der Waals surface area contributed by atoms with E-state index < -0.39 is 9.84 Å². The van der Waals surface area contributed by atoms with Crippen molar-refractivity contribution in [2.24, 2.45) is 11.7 Å². The Morgan fingerprint density at radius 3 is 2.56 bits per heavy atom. The maximum absolute atomic E-state index is 11.7. The molecular formula is C12H27ClN2O2S. The molecular weight excluding hydrogens is 272 g/mol. The molecule has 1 aliphatic rings. The molecule has 1 aliphatic heterocycles. The number of hydrogen-bond acceptors (Lipinski definition) is 4. The van der Waals surface area contributed by atoms with E-state index in [0.717, 1.165) is 19.4 Å². The number of sulfone groups is 1. The molecule has 4 nitrogen and oxygen atoms in total. The van der Waals surface area contributed by atoms with Gasteiger partial charge in [-0.1, -0.05) is 13.8 Å². The van der Waals surface area contributed by atoms with Gasteiger partial charge in [-0.25, -0.2) is 8.42 Å². The topological polar surface area (TPSA) is 63.4 Å². The predicted octanol–water partition coefficient (Wildman–Crippen LogP) is 1.29. The second-order valence-electron chi connectivity index (χ2n) is 5.21. The van der Waals surface area contributed by atoms with Gasteiger partial charge in [0, 0.05) is 24.9 Å². The smallest absolute Gasteiger partial charge is 0.151 e. The van der Waals surface area contributed by atoms with Gasteiger partial charge < -0.3 is 5.73 Å². The SMILES string of the molecule is CCCS(=O)(=O)CCN1CCC(C)CC1CN.Cl. The van der Waals surface area contributed by atoms with Crippen molar-refractivity contribution in [3.8, 4) is 0 Å². The molecule has 0 radical (unpaired) electrons. The van der Waals surface area contributed by atoms with Crippen molar-refractivity contribution < 1.29 is 8.42 Å². The van der Waals surface area contributed by atoms with Crippen LogP contribution in [0.25, 0.3) is 0 Å². The number of hydrogen-bond donors (Lipinski definition) is 1. The molecule has 0 aromatic rings. The van der Waals surface area contributed by atoms with Crippen molar-refractivity contribution in [1.82, 2.24) is 4.90 Å². The summed E-state index contributed by atoms with van der Waals surface area (Å²) in [6.07, 6.45) is 2.97. The monoisotopic (exact) mass is 298 g/mol. The van der Waals surface area contributed by atoms with Gasteiger partial charge >= 0.3 is 0 Å². The van der Waals surface area contributed by atoms with Crippen LogP contribution < -0.4 is 5.73 Å². The first-order chi connectivity index (χ1) is 7.98. The molecule has 0 amide bonds. The van der Waals surface area contributed by atoms with Gasteiger partial charge in [0.05, 0.1) is 5.75 Å². The molecule has 1 rings (SSSR count). The van der Waals surface area contributed by atoms with Gasteiger partial charge in [-0.15, -0.1) is 12.4 Å². The van der Waals surface area contributed by atoms with E-state index in [0.29, 0.717) is 37.2 Å². The zero-order chi connectivity index (χ0) is 12.9. The van der Waals surface area contributed by atoms with Crippen molar-refractivity contribution in [2.45, 2.75) is 39.2 Å². The first-order valence-electron chi connectivity index (χ1n) is 6.63. The maximum Gasteiger partial charge on any atom is 0.151 e. The molecule has 2 atom stereocenters. The van der Waals surface area contributed by atoms with Crippen LogP contribution >= 0.6 is 12.4 Å². The van der Waals surface area contributed by atoms with E-state index in [9.17, 15) is 8.42 Å². The third-order valence-electron chi connectivity index (χ3n) is 3.58. The lowest BCUT2D eigenvalue weighted by atomic mass is 9.92. The summed E-state index contributed by atoms with van der Waals surface area (Å²) in [5.41, 5.74) is 5.76. The molecule has 1 fully saturated rings. The Morgan fingerprint density at radius 2 is 2.00 bits per heavy atom. The number of likely N-dealkylation sites (tertiary alicyclic amines) is 1. The second kappa shape index (κ2) is 8.35. The zero-order valence-corrected chi connectivity index (χ0v) is 13.1. The van der Waals surface area contributed by atoms with E-state index >= 15 is 0 Å². The van der Waals surface area contributed by atoms with Crippen LogP contribution in [-0.2, 0) is 9.84 Å². The van der Waals surface area contributed by atoms with Crippen molar-refractivity contribution >= 4 is 22.2 Å². The Hall–Kier alpha value is 0.160. The Balaban J connectivity index is 0.00000289. The van der Waals surface area contributed by atoms with E-state index in [2.05, 4.69) is 11.8 Å². The van der Waals surface area contributed by atoms with Gasteiger partial charge in [0.2, 0.25) is 0 Å². The van der Waals surface area contributed by atoms with Crippen LogP contribution in [0.4, 0.5) is 0 Å². The first kappa shape index (κ1) is 18.2. The molecule has 0 aliphatic carbocycles. The molecule has 110 valence electrons. The van der Waals surface area contributed by atoms with Crippen molar-refractivity contribution in [3.05, 3.63) is 0 Å². The number of halogens is 1. The van der Waals surface area contributed by atoms with Gasteiger partial charge in [-0.3, -0.25) is 4.90 Å². The Kier molecular flexibility index (Phi) is 8.43. The van der Waals surface area contributed by atoms with Crippen molar-refractivity contribution in [1.29, 1.82) is 0 Å². The van der Waals surface area contributed by atoms with E-state index in [4.69, 9.17) is 5.73 Å². The highest BCUT2D eigenvalue weighted by molar-refractivity contribution is 7.91. The quantitative estimate of drug-likeness (QED) is 0.803. The zero-order valence-electron chi connectivity index (χ0n) is 11.5. The van der Waals surface area contributed by atoms with Gasteiger partial charge in [0.1, 0.15) is 0 Å². The molecule has 2 N–H and O–H groups in total. The molecule has 0 spiro atoms. The third kappa shape index (κ3) is 5.87. The van der Waals surface area contributed by atoms with Crippen molar-refractivity contribution in [2.75, 3.05) is 31.1 Å². The standard InChI is InChI=1S/C12H26N2O2S.ClH/c1-3-7-17(15,16)8-6-14-5-4-11(2)9-12(14)10-13;/h11-12H,3-10,13H2,1-2H3;1H. The highest BCUT2D eigenvalue weighted by atomic mass is 35.5. The lowest BCUT2D eigenvalue weighted by Gasteiger charge is -2.37. The number of nitrogens with two attached hydrogens (primary N) is 1. The van der Waals surface area contributed by atoms with Gasteiger partial charge in [0.15, 0.2) is 9.84 Å². The van der Waals surface area contributed by atoms with Crippen LogP contribution in [0.5, 0.6) is 0 Å². The maximum atomic E-state index is 11.7. The second-order valence-corrected chi connectivity index (χ2v) is 7.51. The third-order valence-corrected chi connectivity index (χ3v) is 5.41. The van der Waals surface area contributed by atoms with E-state index in [-0.39, 0.29) is 18.2 Å². The lowest BCUT2D eigenvalue weighted by Crippen LogP contribution is -2.47. The highest BCUT2D eigenvalue weighted by Gasteiger charge is 2.26. The molecule has 6 heteroatoms. The number of rotatable bonds is 6. The van der Waals surface area contributed by atoms with E-state index in [1.807, 2.05) is 6.92 Å². The minimum Gasteiger partial charge on any atom is -0.329 e. The summed E-state index contributed by atoms with van der Waals surface area (Å²) in [4.78, 5) is 2.26. The fourth-order valence-corrected chi connectivity index (χ4v) is 3.85. The Labute approximate surface area is 118 Å². The summed E-state index contributed by atoms with van der Waals surface area (Å²) in [5.74, 6) is 1.31. The summed E-state index contributed by atoms with van der Waals surface area (Å²) in [6, 6.07) is 0.371. The van der Waals surface area contributed by atoms with Crippen LogP contribution in [0.1, 0.15) is 33.1 Å². The highest BCUT2D eigenvalue weighted by Crippen LogP contribution is 2.21. The average Bonchev–Trinajstić information content (AvgIpc) is 2.27. The van der Waals surface area contributed by atoms with Crippen LogP contribution in [0.3, 0.4) is 0 Å². The predicted molar refractivity (Wildman–Crippen MR) is 79.0 cm³/mol. The molecule has 1 saturated heterocycles. The van der Waals surface area contributed by atoms with Gasteiger partial charge in [-0.2, -0.15) is 0 Å².